The van der Waals surface area contributed by atoms with E-state index < -0.39 is 0 Å². The van der Waals surface area contributed by atoms with E-state index in [1.54, 1.807) is 12.1 Å². The molecule has 1 heterocycles. The van der Waals surface area contributed by atoms with E-state index in [1.165, 1.54) is 24.8 Å². The predicted molar refractivity (Wildman–Crippen MR) is 60.2 cm³/mol. The van der Waals surface area contributed by atoms with E-state index >= 15 is 0 Å². The number of nitrogens with one attached hydrogen (secondary N) is 1. The summed E-state index contributed by atoms with van der Waals surface area (Å²) in [5, 5.41) is 3.50. The zero-order valence-electron chi connectivity index (χ0n) is 9.17. The van der Waals surface area contributed by atoms with E-state index in [1.807, 2.05) is 12.1 Å². The summed E-state index contributed by atoms with van der Waals surface area (Å²) in [6.07, 6.45) is 3.70. The Hall–Kier alpha value is -0.890. The number of halogens is 1. The highest BCUT2D eigenvalue weighted by Crippen LogP contribution is 2.28. The van der Waals surface area contributed by atoms with Gasteiger partial charge in [0.05, 0.1) is 0 Å². The molecule has 0 bridgehead atoms. The van der Waals surface area contributed by atoms with Crippen LogP contribution in [0.25, 0.3) is 0 Å². The second kappa shape index (κ2) is 4.75. The highest BCUT2D eigenvalue weighted by Gasteiger charge is 2.21. The summed E-state index contributed by atoms with van der Waals surface area (Å²) in [5.74, 6) is 0.669. The van der Waals surface area contributed by atoms with Crippen LogP contribution >= 0.6 is 0 Å². The largest absolute Gasteiger partial charge is 0.310 e. The second-order valence-electron chi connectivity index (χ2n) is 4.36. The summed E-state index contributed by atoms with van der Waals surface area (Å²) in [6, 6.07) is 7.30. The summed E-state index contributed by atoms with van der Waals surface area (Å²) in [5.41, 5.74) is 1.22. The van der Waals surface area contributed by atoms with Crippen molar-refractivity contribution in [3.63, 3.8) is 0 Å². The van der Waals surface area contributed by atoms with Crippen molar-refractivity contribution < 1.29 is 4.39 Å². The van der Waals surface area contributed by atoms with E-state index in [2.05, 4.69) is 12.2 Å². The van der Waals surface area contributed by atoms with Crippen LogP contribution in [0.2, 0.25) is 0 Å². The Balaban J connectivity index is 2.06. The van der Waals surface area contributed by atoms with Gasteiger partial charge in [-0.25, -0.2) is 4.39 Å². The van der Waals surface area contributed by atoms with E-state index in [0.29, 0.717) is 6.04 Å². The normalized spacial score (nSPS) is 26.5. The van der Waals surface area contributed by atoms with E-state index in [-0.39, 0.29) is 5.82 Å². The molecule has 0 aliphatic carbocycles. The Bertz CT molecular complexity index is 307. The van der Waals surface area contributed by atoms with Crippen molar-refractivity contribution >= 4 is 0 Å². The average molecular weight is 207 g/mol. The number of rotatable bonds is 2. The molecule has 0 amide bonds. The van der Waals surface area contributed by atoms with Crippen LogP contribution in [0.1, 0.15) is 37.8 Å². The molecule has 0 spiro atoms. The molecule has 0 saturated carbocycles. The summed E-state index contributed by atoms with van der Waals surface area (Å²) in [6.45, 7) is 3.33. The van der Waals surface area contributed by atoms with Crippen LogP contribution in [-0.4, -0.2) is 6.54 Å². The van der Waals surface area contributed by atoms with Gasteiger partial charge in [0.25, 0.3) is 0 Å². The SMILES string of the molecule is CCC1CCNC(c2ccc(F)cc2)C1. The molecule has 1 aromatic carbocycles. The Morgan fingerprint density at radius 2 is 2.07 bits per heavy atom. The van der Waals surface area contributed by atoms with Crippen molar-refractivity contribution in [3.05, 3.63) is 35.6 Å². The predicted octanol–water partition coefficient (Wildman–Crippen LogP) is 3.28. The van der Waals surface area contributed by atoms with Crippen LogP contribution in [0.15, 0.2) is 24.3 Å². The molecule has 2 rings (SSSR count). The summed E-state index contributed by atoms with van der Waals surface area (Å²) >= 11 is 0. The fourth-order valence-electron chi connectivity index (χ4n) is 2.32. The molecule has 2 heteroatoms. The van der Waals surface area contributed by atoms with Crippen LogP contribution < -0.4 is 5.32 Å². The molecule has 15 heavy (non-hydrogen) atoms. The maximum Gasteiger partial charge on any atom is 0.123 e. The molecule has 1 aliphatic rings. The third-order valence-electron chi connectivity index (χ3n) is 3.36. The summed E-state index contributed by atoms with van der Waals surface area (Å²) in [7, 11) is 0. The standard InChI is InChI=1S/C13H18FN/c1-2-10-7-8-15-13(9-10)11-3-5-12(14)6-4-11/h3-6,10,13,15H,2,7-9H2,1H3. The lowest BCUT2D eigenvalue weighted by Crippen LogP contribution is -2.31. The fraction of sp³-hybridized carbons (Fsp3) is 0.538. The molecule has 1 saturated heterocycles. The fourth-order valence-corrected chi connectivity index (χ4v) is 2.32. The van der Waals surface area contributed by atoms with Gasteiger partial charge in [-0.1, -0.05) is 25.5 Å². The lowest BCUT2D eigenvalue weighted by molar-refractivity contribution is 0.299. The molecular formula is C13H18FN. The first-order valence-electron chi connectivity index (χ1n) is 5.78. The van der Waals surface area contributed by atoms with Gasteiger partial charge in [-0.2, -0.15) is 0 Å². The molecule has 1 aliphatic heterocycles. The number of hydrogen-bond donors (Lipinski definition) is 1. The van der Waals surface area contributed by atoms with Crippen LogP contribution in [0.5, 0.6) is 0 Å². The van der Waals surface area contributed by atoms with E-state index in [4.69, 9.17) is 0 Å². The minimum absolute atomic E-state index is 0.151. The zero-order chi connectivity index (χ0) is 10.7. The van der Waals surface area contributed by atoms with Crippen LogP contribution in [0.4, 0.5) is 4.39 Å². The van der Waals surface area contributed by atoms with E-state index in [9.17, 15) is 4.39 Å². The topological polar surface area (TPSA) is 12.0 Å². The maximum absolute atomic E-state index is 12.8. The minimum atomic E-state index is -0.151. The van der Waals surface area contributed by atoms with Gasteiger partial charge in [0.15, 0.2) is 0 Å². The Kier molecular flexibility index (Phi) is 3.37. The van der Waals surface area contributed by atoms with Gasteiger partial charge in [-0.3, -0.25) is 0 Å². The van der Waals surface area contributed by atoms with Crippen LogP contribution in [0, 0.1) is 11.7 Å². The number of benzene rings is 1. The van der Waals surface area contributed by atoms with Crippen LogP contribution in [-0.2, 0) is 0 Å². The maximum atomic E-state index is 12.8. The highest BCUT2D eigenvalue weighted by atomic mass is 19.1. The first kappa shape index (κ1) is 10.6. The highest BCUT2D eigenvalue weighted by molar-refractivity contribution is 5.20. The van der Waals surface area contributed by atoms with Crippen molar-refractivity contribution in [2.75, 3.05) is 6.54 Å². The lowest BCUT2D eigenvalue weighted by Gasteiger charge is -2.30. The molecule has 1 nitrogen and oxygen atoms in total. The Labute approximate surface area is 90.7 Å². The lowest BCUT2D eigenvalue weighted by atomic mass is 9.87. The van der Waals surface area contributed by atoms with Gasteiger partial charge in [0, 0.05) is 6.04 Å². The van der Waals surface area contributed by atoms with Gasteiger partial charge >= 0.3 is 0 Å². The van der Waals surface area contributed by atoms with E-state index in [0.717, 1.165) is 12.5 Å². The quantitative estimate of drug-likeness (QED) is 0.784. The van der Waals surface area contributed by atoms with Gasteiger partial charge in [0.2, 0.25) is 0 Å². The first-order chi connectivity index (χ1) is 7.29. The van der Waals surface area contributed by atoms with Gasteiger partial charge < -0.3 is 5.32 Å². The van der Waals surface area contributed by atoms with Gasteiger partial charge in [0.1, 0.15) is 5.82 Å². The van der Waals surface area contributed by atoms with Crippen molar-refractivity contribution in [2.24, 2.45) is 5.92 Å². The molecule has 82 valence electrons. The Morgan fingerprint density at radius 3 is 2.73 bits per heavy atom. The monoisotopic (exact) mass is 207 g/mol. The molecule has 2 unspecified atom stereocenters. The number of hydrogen-bond acceptors (Lipinski definition) is 1. The van der Waals surface area contributed by atoms with Crippen LogP contribution in [0.3, 0.4) is 0 Å². The van der Waals surface area contributed by atoms with Crippen molar-refractivity contribution in [3.8, 4) is 0 Å². The molecule has 0 aromatic heterocycles. The van der Waals surface area contributed by atoms with Crippen molar-refractivity contribution in [2.45, 2.75) is 32.2 Å². The Morgan fingerprint density at radius 1 is 1.33 bits per heavy atom. The molecule has 1 aromatic rings. The molecular weight excluding hydrogens is 189 g/mol. The first-order valence-corrected chi connectivity index (χ1v) is 5.78. The van der Waals surface area contributed by atoms with Crippen molar-refractivity contribution in [1.29, 1.82) is 0 Å². The molecule has 2 atom stereocenters. The third kappa shape index (κ3) is 2.57. The molecule has 0 radical (unpaired) electrons. The average Bonchev–Trinajstić information content (AvgIpc) is 2.30. The number of piperidine rings is 1. The second-order valence-corrected chi connectivity index (χ2v) is 4.36. The summed E-state index contributed by atoms with van der Waals surface area (Å²) in [4.78, 5) is 0. The van der Waals surface area contributed by atoms with Gasteiger partial charge in [-0.05, 0) is 43.0 Å². The smallest absolute Gasteiger partial charge is 0.123 e. The summed E-state index contributed by atoms with van der Waals surface area (Å²) < 4.78 is 12.8. The van der Waals surface area contributed by atoms with Crippen molar-refractivity contribution in [1.82, 2.24) is 5.32 Å². The third-order valence-corrected chi connectivity index (χ3v) is 3.36. The van der Waals surface area contributed by atoms with Gasteiger partial charge in [-0.15, -0.1) is 0 Å². The minimum Gasteiger partial charge on any atom is -0.310 e. The zero-order valence-corrected chi connectivity index (χ0v) is 9.17. The molecule has 1 fully saturated rings. The molecule has 1 N–H and O–H groups in total.